The number of carbonyl (C=O) groups is 1. The van der Waals surface area contributed by atoms with E-state index in [0.29, 0.717) is 35.3 Å². The molecule has 0 spiro atoms. The first kappa shape index (κ1) is 17.0. The Bertz CT molecular complexity index is 940. The molecule has 7 nitrogen and oxygen atoms in total. The van der Waals surface area contributed by atoms with Crippen molar-refractivity contribution in [1.29, 1.82) is 0 Å². The van der Waals surface area contributed by atoms with Crippen molar-refractivity contribution in [3.05, 3.63) is 47.0 Å². The van der Waals surface area contributed by atoms with Gasteiger partial charge in [-0.05, 0) is 25.0 Å². The van der Waals surface area contributed by atoms with Crippen LogP contribution in [0.5, 0.6) is 0 Å². The fraction of sp³-hybridized carbons (Fsp3) is 0.444. The van der Waals surface area contributed by atoms with Gasteiger partial charge in [-0.25, -0.2) is 4.98 Å². The molecule has 1 aliphatic heterocycles. The molecule has 1 fully saturated rings. The lowest BCUT2D eigenvalue weighted by atomic mass is 9.96. The smallest absolute Gasteiger partial charge is 0.274 e. The van der Waals surface area contributed by atoms with Crippen LogP contribution < -0.4 is 0 Å². The lowest BCUT2D eigenvalue weighted by Crippen LogP contribution is -2.38. The van der Waals surface area contributed by atoms with Crippen molar-refractivity contribution in [2.75, 3.05) is 13.1 Å². The van der Waals surface area contributed by atoms with E-state index < -0.39 is 0 Å². The second-order valence-corrected chi connectivity index (χ2v) is 7.39. The first-order valence-electron chi connectivity index (χ1n) is 8.78. The van der Waals surface area contributed by atoms with Crippen LogP contribution in [0.15, 0.2) is 29.0 Å². The van der Waals surface area contributed by atoms with Crippen LogP contribution >= 0.6 is 11.6 Å². The van der Waals surface area contributed by atoms with Gasteiger partial charge in [0.15, 0.2) is 5.82 Å². The molecule has 4 heterocycles. The average Bonchev–Trinajstić information content (AvgIpc) is 3.28. The number of hydrogen-bond donors (Lipinski definition) is 0. The van der Waals surface area contributed by atoms with Gasteiger partial charge in [0, 0.05) is 37.3 Å². The molecule has 0 radical (unpaired) electrons. The highest BCUT2D eigenvalue weighted by molar-refractivity contribution is 6.30. The minimum atomic E-state index is -0.0586. The molecular formula is C18H20ClN5O2. The molecule has 0 aromatic carbocycles. The molecule has 3 aromatic heterocycles. The van der Waals surface area contributed by atoms with Crippen molar-refractivity contribution < 1.29 is 9.32 Å². The Morgan fingerprint density at radius 3 is 2.69 bits per heavy atom. The Balaban J connectivity index is 1.43. The van der Waals surface area contributed by atoms with E-state index in [1.165, 1.54) is 0 Å². The molecule has 26 heavy (non-hydrogen) atoms. The van der Waals surface area contributed by atoms with Crippen LogP contribution in [0, 0.1) is 0 Å². The van der Waals surface area contributed by atoms with Crippen molar-refractivity contribution >= 4 is 23.2 Å². The standard InChI is InChI=1S/C18H20ClN5O2/c1-11(2)16-21-17(26-22-16)12-5-7-23(8-6-12)18(25)14-10-24-9-13(19)3-4-15(24)20-14/h3-4,9-12H,5-8H2,1-2H3. The van der Waals surface area contributed by atoms with Gasteiger partial charge in [-0.3, -0.25) is 4.79 Å². The Morgan fingerprint density at radius 1 is 1.23 bits per heavy atom. The van der Waals surface area contributed by atoms with Crippen LogP contribution in [0.25, 0.3) is 5.65 Å². The summed E-state index contributed by atoms with van der Waals surface area (Å²) in [6, 6.07) is 3.56. The van der Waals surface area contributed by atoms with Crippen LogP contribution in [-0.2, 0) is 0 Å². The predicted octanol–water partition coefficient (Wildman–Crippen LogP) is 3.51. The molecule has 3 aromatic rings. The summed E-state index contributed by atoms with van der Waals surface area (Å²) in [4.78, 5) is 23.5. The normalized spacial score (nSPS) is 15.9. The summed E-state index contributed by atoms with van der Waals surface area (Å²) >= 11 is 5.99. The number of nitrogens with zero attached hydrogens (tertiary/aromatic N) is 5. The van der Waals surface area contributed by atoms with Gasteiger partial charge in [-0.2, -0.15) is 4.98 Å². The largest absolute Gasteiger partial charge is 0.339 e. The van der Waals surface area contributed by atoms with Gasteiger partial charge in [0.25, 0.3) is 5.91 Å². The minimum Gasteiger partial charge on any atom is -0.339 e. The quantitative estimate of drug-likeness (QED) is 0.702. The first-order valence-corrected chi connectivity index (χ1v) is 9.16. The fourth-order valence-corrected chi connectivity index (χ4v) is 3.37. The first-order chi connectivity index (χ1) is 12.5. The van der Waals surface area contributed by atoms with E-state index in [9.17, 15) is 4.79 Å². The molecule has 0 saturated carbocycles. The average molecular weight is 374 g/mol. The maximum absolute atomic E-state index is 12.8. The fourth-order valence-electron chi connectivity index (χ4n) is 3.21. The van der Waals surface area contributed by atoms with Crippen LogP contribution in [-0.4, -0.2) is 43.4 Å². The Kier molecular flexibility index (Phi) is 4.40. The third-order valence-corrected chi connectivity index (χ3v) is 4.96. The molecule has 1 amide bonds. The Morgan fingerprint density at radius 2 is 2.00 bits per heavy atom. The molecule has 1 aliphatic rings. The number of hydrogen-bond acceptors (Lipinski definition) is 5. The van der Waals surface area contributed by atoms with Crippen LogP contribution in [0.3, 0.4) is 0 Å². The Hall–Kier alpha value is -2.41. The summed E-state index contributed by atoms with van der Waals surface area (Å²) in [5.41, 5.74) is 1.14. The van der Waals surface area contributed by atoms with E-state index >= 15 is 0 Å². The van der Waals surface area contributed by atoms with Crippen molar-refractivity contribution in [2.45, 2.75) is 38.5 Å². The van der Waals surface area contributed by atoms with E-state index in [1.54, 1.807) is 28.9 Å². The SMILES string of the molecule is CC(C)c1noc(C2CCN(C(=O)c3cn4cc(Cl)ccc4n3)CC2)n1. The number of imidazole rings is 1. The van der Waals surface area contributed by atoms with Gasteiger partial charge in [0.2, 0.25) is 5.89 Å². The van der Waals surface area contributed by atoms with Gasteiger partial charge in [-0.1, -0.05) is 30.6 Å². The van der Waals surface area contributed by atoms with E-state index in [1.807, 2.05) is 18.7 Å². The van der Waals surface area contributed by atoms with Gasteiger partial charge in [0.05, 0.1) is 5.02 Å². The molecule has 0 N–H and O–H groups in total. The van der Waals surface area contributed by atoms with Crippen LogP contribution in [0.2, 0.25) is 5.02 Å². The number of likely N-dealkylation sites (tertiary alicyclic amines) is 1. The highest BCUT2D eigenvalue weighted by Gasteiger charge is 2.29. The maximum Gasteiger partial charge on any atom is 0.274 e. The van der Waals surface area contributed by atoms with Gasteiger partial charge >= 0.3 is 0 Å². The zero-order valence-electron chi connectivity index (χ0n) is 14.7. The number of rotatable bonds is 3. The summed E-state index contributed by atoms with van der Waals surface area (Å²) in [6.07, 6.45) is 5.09. The van der Waals surface area contributed by atoms with Gasteiger partial charge < -0.3 is 13.8 Å². The van der Waals surface area contributed by atoms with Crippen LogP contribution in [0.4, 0.5) is 0 Å². The summed E-state index contributed by atoms with van der Waals surface area (Å²) in [5.74, 6) is 1.82. The molecule has 0 aliphatic carbocycles. The van der Waals surface area contributed by atoms with Crippen molar-refractivity contribution in [2.24, 2.45) is 0 Å². The molecule has 1 saturated heterocycles. The van der Waals surface area contributed by atoms with E-state index in [4.69, 9.17) is 16.1 Å². The number of carbonyl (C=O) groups excluding carboxylic acids is 1. The highest BCUT2D eigenvalue weighted by Crippen LogP contribution is 2.28. The highest BCUT2D eigenvalue weighted by atomic mass is 35.5. The number of aromatic nitrogens is 4. The summed E-state index contributed by atoms with van der Waals surface area (Å²) in [6.45, 7) is 5.38. The molecule has 0 unspecified atom stereocenters. The monoisotopic (exact) mass is 373 g/mol. The Labute approximate surface area is 156 Å². The molecule has 136 valence electrons. The third kappa shape index (κ3) is 3.19. The lowest BCUT2D eigenvalue weighted by molar-refractivity contribution is 0.0699. The lowest BCUT2D eigenvalue weighted by Gasteiger charge is -2.29. The molecule has 8 heteroatoms. The van der Waals surface area contributed by atoms with Gasteiger partial charge in [-0.15, -0.1) is 0 Å². The van der Waals surface area contributed by atoms with E-state index in [-0.39, 0.29) is 17.7 Å². The number of amides is 1. The third-order valence-electron chi connectivity index (χ3n) is 4.74. The summed E-state index contributed by atoms with van der Waals surface area (Å²) in [7, 11) is 0. The number of halogens is 1. The summed E-state index contributed by atoms with van der Waals surface area (Å²) < 4.78 is 7.18. The van der Waals surface area contributed by atoms with Crippen molar-refractivity contribution in [1.82, 2.24) is 24.4 Å². The number of pyridine rings is 1. The van der Waals surface area contributed by atoms with E-state index in [2.05, 4.69) is 15.1 Å². The molecule has 0 atom stereocenters. The molecule has 4 rings (SSSR count). The van der Waals surface area contributed by atoms with E-state index in [0.717, 1.165) is 18.7 Å². The molecule has 0 bridgehead atoms. The molecular weight excluding hydrogens is 354 g/mol. The zero-order valence-corrected chi connectivity index (χ0v) is 15.5. The maximum atomic E-state index is 12.8. The second kappa shape index (κ2) is 6.72. The van der Waals surface area contributed by atoms with Crippen LogP contribution in [0.1, 0.15) is 60.7 Å². The summed E-state index contributed by atoms with van der Waals surface area (Å²) in [5, 5.41) is 4.64. The van der Waals surface area contributed by atoms with Crippen molar-refractivity contribution in [3.8, 4) is 0 Å². The number of piperidine rings is 1. The topological polar surface area (TPSA) is 76.5 Å². The van der Waals surface area contributed by atoms with Crippen molar-refractivity contribution in [3.63, 3.8) is 0 Å². The minimum absolute atomic E-state index is 0.0586. The number of fused-ring (bicyclic) bond motifs is 1. The van der Waals surface area contributed by atoms with Gasteiger partial charge in [0.1, 0.15) is 11.3 Å². The predicted molar refractivity (Wildman–Crippen MR) is 96.5 cm³/mol. The zero-order chi connectivity index (χ0) is 18.3. The second-order valence-electron chi connectivity index (χ2n) is 6.95.